The van der Waals surface area contributed by atoms with Crippen LogP contribution in [0.1, 0.15) is 34.1 Å². The quantitative estimate of drug-likeness (QED) is 0.583. The van der Waals surface area contributed by atoms with Gasteiger partial charge in [0.25, 0.3) is 0 Å². The van der Waals surface area contributed by atoms with Crippen LogP contribution in [0.2, 0.25) is 18.1 Å². The molecule has 0 radical (unpaired) electrons. The first-order valence-corrected chi connectivity index (χ1v) is 10.1. The van der Waals surface area contributed by atoms with Crippen LogP contribution in [0.3, 0.4) is 0 Å². The Morgan fingerprint density at radius 2 is 2.00 bits per heavy atom. The van der Waals surface area contributed by atoms with E-state index in [4.69, 9.17) is 9.53 Å². The molecule has 1 aliphatic heterocycles. The van der Waals surface area contributed by atoms with E-state index in [-0.39, 0.29) is 22.9 Å². The summed E-state index contributed by atoms with van der Waals surface area (Å²) >= 11 is 0. The number of β-lactam (4-membered cyclic amide) rings is 1. The summed E-state index contributed by atoms with van der Waals surface area (Å²) in [7, 11) is -1.80. The highest BCUT2D eigenvalue weighted by molar-refractivity contribution is 6.74. The molecule has 6 heteroatoms. The topological polar surface area (TPSA) is 75.6 Å². The molecule has 1 unspecified atom stereocenters. The molecular weight excluding hydrogens is 274 g/mol. The van der Waals surface area contributed by atoms with E-state index >= 15 is 0 Å². The van der Waals surface area contributed by atoms with E-state index in [1.165, 1.54) is 0 Å². The highest BCUT2D eigenvalue weighted by Gasteiger charge is 2.45. The first kappa shape index (κ1) is 17.2. The van der Waals surface area contributed by atoms with Crippen molar-refractivity contribution in [2.24, 2.45) is 11.8 Å². The van der Waals surface area contributed by atoms with E-state index in [0.29, 0.717) is 13.0 Å². The van der Waals surface area contributed by atoms with E-state index in [0.717, 1.165) is 0 Å². The van der Waals surface area contributed by atoms with Crippen molar-refractivity contribution in [1.29, 1.82) is 0 Å². The minimum Gasteiger partial charge on any atom is -0.481 e. The number of amides is 1. The SMILES string of the molecule is CC(C(=O)O)[C@H]1NC(=O)[C@@H]1CCO[Si](C)(C)C(C)(C)C. The first-order valence-electron chi connectivity index (χ1n) is 7.14. The fraction of sp³-hybridized carbons (Fsp3) is 0.857. The number of carboxylic acids is 1. The molecule has 1 rings (SSSR count). The molecule has 1 fully saturated rings. The second kappa shape index (κ2) is 5.85. The largest absolute Gasteiger partial charge is 0.481 e. The van der Waals surface area contributed by atoms with Gasteiger partial charge in [0.1, 0.15) is 0 Å². The van der Waals surface area contributed by atoms with E-state index in [9.17, 15) is 9.59 Å². The zero-order valence-electron chi connectivity index (χ0n) is 13.3. The Hall–Kier alpha value is -0.883. The van der Waals surface area contributed by atoms with Crippen molar-refractivity contribution in [3.63, 3.8) is 0 Å². The third-order valence-electron chi connectivity index (χ3n) is 4.71. The number of hydrogen-bond acceptors (Lipinski definition) is 3. The van der Waals surface area contributed by atoms with Gasteiger partial charge < -0.3 is 14.8 Å². The van der Waals surface area contributed by atoms with Crippen molar-refractivity contribution in [3.8, 4) is 0 Å². The fourth-order valence-corrected chi connectivity index (χ4v) is 3.10. The van der Waals surface area contributed by atoms with Crippen LogP contribution in [0.25, 0.3) is 0 Å². The molecule has 1 heterocycles. The van der Waals surface area contributed by atoms with Crippen LogP contribution in [-0.2, 0) is 14.0 Å². The van der Waals surface area contributed by atoms with Crippen molar-refractivity contribution >= 4 is 20.2 Å². The average molecular weight is 301 g/mol. The Morgan fingerprint density at radius 3 is 2.40 bits per heavy atom. The van der Waals surface area contributed by atoms with Crippen molar-refractivity contribution < 1.29 is 19.1 Å². The maximum Gasteiger partial charge on any atom is 0.308 e. The maximum atomic E-state index is 11.6. The summed E-state index contributed by atoms with van der Waals surface area (Å²) in [5.41, 5.74) is 0. The molecule has 0 aromatic rings. The predicted molar refractivity (Wildman–Crippen MR) is 80.0 cm³/mol. The van der Waals surface area contributed by atoms with E-state index in [1.54, 1.807) is 6.92 Å². The Bertz CT molecular complexity index is 389. The molecule has 1 aliphatic rings. The third-order valence-corrected chi connectivity index (χ3v) is 9.24. The molecule has 0 spiro atoms. The second-order valence-corrected chi connectivity index (χ2v) is 12.0. The molecule has 0 aromatic heterocycles. The number of hydrogen-bond donors (Lipinski definition) is 2. The molecule has 0 aromatic carbocycles. The molecule has 0 saturated carbocycles. The van der Waals surface area contributed by atoms with Crippen LogP contribution >= 0.6 is 0 Å². The van der Waals surface area contributed by atoms with Gasteiger partial charge in [-0.15, -0.1) is 0 Å². The summed E-state index contributed by atoms with van der Waals surface area (Å²) in [4.78, 5) is 22.5. The number of nitrogens with one attached hydrogen (secondary N) is 1. The first-order chi connectivity index (χ1) is 8.97. The molecule has 2 N–H and O–H groups in total. The third kappa shape index (κ3) is 3.61. The van der Waals surface area contributed by atoms with Gasteiger partial charge in [-0.3, -0.25) is 9.59 Å². The lowest BCUT2D eigenvalue weighted by atomic mass is 9.80. The lowest BCUT2D eigenvalue weighted by Crippen LogP contribution is -2.62. The Kier molecular flexibility index (Phi) is 5.02. The summed E-state index contributed by atoms with van der Waals surface area (Å²) in [6.07, 6.45) is 0.598. The number of rotatable bonds is 6. The molecule has 5 nitrogen and oxygen atoms in total. The van der Waals surface area contributed by atoms with Crippen molar-refractivity contribution in [3.05, 3.63) is 0 Å². The lowest BCUT2D eigenvalue weighted by molar-refractivity contribution is -0.148. The molecule has 20 heavy (non-hydrogen) atoms. The van der Waals surface area contributed by atoms with E-state index < -0.39 is 20.2 Å². The number of carbonyl (C=O) groups is 2. The van der Waals surface area contributed by atoms with E-state index in [2.05, 4.69) is 39.2 Å². The summed E-state index contributed by atoms with van der Waals surface area (Å²) < 4.78 is 6.05. The van der Waals surface area contributed by atoms with Gasteiger partial charge in [0.15, 0.2) is 8.32 Å². The van der Waals surface area contributed by atoms with Crippen molar-refractivity contribution in [2.75, 3.05) is 6.61 Å². The number of carboxylic acid groups (broad SMARTS) is 1. The summed E-state index contributed by atoms with van der Waals surface area (Å²) in [5.74, 6) is -1.70. The normalized spacial score (nSPS) is 24.8. The van der Waals surface area contributed by atoms with Gasteiger partial charge in [-0.25, -0.2) is 0 Å². The van der Waals surface area contributed by atoms with E-state index in [1.807, 2.05) is 0 Å². The molecule has 116 valence electrons. The minimum absolute atomic E-state index is 0.0538. The zero-order chi connectivity index (χ0) is 15.7. The Morgan fingerprint density at radius 1 is 1.45 bits per heavy atom. The van der Waals surface area contributed by atoms with Gasteiger partial charge in [0.2, 0.25) is 5.91 Å². The zero-order valence-corrected chi connectivity index (χ0v) is 14.3. The second-order valence-electron chi connectivity index (χ2n) is 7.17. The van der Waals surface area contributed by atoms with Crippen LogP contribution in [-0.4, -0.2) is 37.9 Å². The molecule has 0 aliphatic carbocycles. The minimum atomic E-state index is -1.80. The molecular formula is C14H27NO4Si. The summed E-state index contributed by atoms with van der Waals surface area (Å²) in [6, 6.07) is -0.261. The van der Waals surface area contributed by atoms with Crippen molar-refractivity contribution in [1.82, 2.24) is 5.32 Å². The Balaban J connectivity index is 2.49. The highest BCUT2D eigenvalue weighted by Crippen LogP contribution is 2.37. The molecule has 0 bridgehead atoms. The van der Waals surface area contributed by atoms with Gasteiger partial charge in [-0.05, 0) is 31.5 Å². The van der Waals surface area contributed by atoms with Gasteiger partial charge in [0, 0.05) is 6.61 Å². The highest BCUT2D eigenvalue weighted by atomic mass is 28.4. The molecule has 1 saturated heterocycles. The fourth-order valence-electron chi connectivity index (χ4n) is 2.03. The molecule has 3 atom stereocenters. The summed E-state index contributed by atoms with van der Waals surface area (Å²) in [5, 5.41) is 11.8. The standard InChI is InChI=1S/C14H27NO4Si/c1-9(13(17)18)11-10(12(16)15-11)7-8-19-20(5,6)14(2,3)4/h9-11H,7-8H2,1-6H3,(H,15,16)(H,17,18)/t9?,10-,11-/m1/s1. The predicted octanol–water partition coefficient (Wildman–Crippen LogP) is 2.23. The van der Waals surface area contributed by atoms with Crippen molar-refractivity contribution in [2.45, 2.75) is 58.3 Å². The Labute approximate surface area is 122 Å². The number of aliphatic carboxylic acids is 1. The average Bonchev–Trinajstić information content (AvgIpc) is 2.28. The lowest BCUT2D eigenvalue weighted by Gasteiger charge is -2.41. The molecule has 1 amide bonds. The van der Waals surface area contributed by atoms with Gasteiger partial charge >= 0.3 is 5.97 Å². The van der Waals surface area contributed by atoms with Gasteiger partial charge in [-0.1, -0.05) is 20.8 Å². The smallest absolute Gasteiger partial charge is 0.308 e. The van der Waals surface area contributed by atoms with Crippen LogP contribution in [0.5, 0.6) is 0 Å². The maximum absolute atomic E-state index is 11.6. The monoisotopic (exact) mass is 301 g/mol. The van der Waals surface area contributed by atoms with Gasteiger partial charge in [-0.2, -0.15) is 0 Å². The summed E-state index contributed by atoms with van der Waals surface area (Å²) in [6.45, 7) is 13.0. The van der Waals surface area contributed by atoms with Crippen LogP contribution in [0, 0.1) is 11.8 Å². The number of carbonyl (C=O) groups excluding carboxylic acids is 1. The van der Waals surface area contributed by atoms with Crippen LogP contribution in [0.4, 0.5) is 0 Å². The van der Waals surface area contributed by atoms with Crippen LogP contribution in [0.15, 0.2) is 0 Å². The van der Waals surface area contributed by atoms with Crippen LogP contribution < -0.4 is 5.32 Å². The van der Waals surface area contributed by atoms with Gasteiger partial charge in [0.05, 0.1) is 17.9 Å².